The number of sulfonamides is 1. The van der Waals surface area contributed by atoms with E-state index in [0.29, 0.717) is 21.9 Å². The number of nitrogens with one attached hydrogen (secondary N) is 1. The van der Waals surface area contributed by atoms with Crippen LogP contribution in [0.5, 0.6) is 0 Å². The molecular formula is C20H23ClN4O4S. The van der Waals surface area contributed by atoms with Gasteiger partial charge in [0.2, 0.25) is 15.9 Å². The minimum Gasteiger partial charge on any atom is -0.324 e. The Kier molecular flexibility index (Phi) is 5.96. The zero-order valence-electron chi connectivity index (χ0n) is 17.1. The summed E-state index contributed by atoms with van der Waals surface area (Å²) in [5.41, 5.74) is 2.03. The van der Waals surface area contributed by atoms with Crippen molar-refractivity contribution in [1.82, 2.24) is 9.13 Å². The fourth-order valence-corrected chi connectivity index (χ4v) is 4.80. The van der Waals surface area contributed by atoms with Crippen LogP contribution in [0.2, 0.25) is 5.02 Å². The number of carbonyl (C=O) groups is 1. The first-order valence-corrected chi connectivity index (χ1v) is 11.5. The average Bonchev–Trinajstić information content (AvgIpc) is 2.90. The molecule has 160 valence electrons. The smallest absolute Gasteiger partial charge is 0.324 e. The molecular weight excluding hydrogens is 428 g/mol. The van der Waals surface area contributed by atoms with Gasteiger partial charge in [-0.2, -0.15) is 0 Å². The highest BCUT2D eigenvalue weighted by Gasteiger charge is 2.31. The minimum absolute atomic E-state index is 0.175. The number of aromatic nitrogens is 2. The number of aryl methyl sites for hydroxylation is 2. The summed E-state index contributed by atoms with van der Waals surface area (Å²) in [6.45, 7) is 1.74. The second kappa shape index (κ2) is 8.16. The average molecular weight is 451 g/mol. The molecule has 10 heteroatoms. The lowest BCUT2D eigenvalue weighted by atomic mass is 10.1. The topological polar surface area (TPSA) is 93.4 Å². The number of anilines is 2. The van der Waals surface area contributed by atoms with Gasteiger partial charge in [0.15, 0.2) is 0 Å². The first-order valence-electron chi connectivity index (χ1n) is 9.26. The van der Waals surface area contributed by atoms with Crippen molar-refractivity contribution in [2.24, 2.45) is 14.1 Å². The Labute approximate surface area is 179 Å². The highest BCUT2D eigenvalue weighted by atomic mass is 35.5. The molecule has 0 saturated carbocycles. The van der Waals surface area contributed by atoms with Gasteiger partial charge in [0.1, 0.15) is 6.04 Å². The molecule has 0 aliphatic carbocycles. The van der Waals surface area contributed by atoms with Crippen LogP contribution in [0.15, 0.2) is 47.3 Å². The lowest BCUT2D eigenvalue weighted by Gasteiger charge is -2.30. The number of hydrogen-bond donors (Lipinski definition) is 1. The fourth-order valence-electron chi connectivity index (χ4n) is 3.46. The molecule has 3 aromatic rings. The van der Waals surface area contributed by atoms with Crippen LogP contribution in [0.3, 0.4) is 0 Å². The lowest BCUT2D eigenvalue weighted by molar-refractivity contribution is -0.117. The van der Waals surface area contributed by atoms with Crippen molar-refractivity contribution in [3.8, 4) is 0 Å². The lowest BCUT2D eigenvalue weighted by Crippen LogP contribution is -2.47. The molecule has 30 heavy (non-hydrogen) atoms. The zero-order valence-corrected chi connectivity index (χ0v) is 18.7. The van der Waals surface area contributed by atoms with E-state index in [0.717, 1.165) is 16.1 Å². The Morgan fingerprint density at radius 2 is 1.70 bits per heavy atom. The molecule has 2 aromatic carbocycles. The Morgan fingerprint density at radius 3 is 2.27 bits per heavy atom. The second-order valence-electron chi connectivity index (χ2n) is 7.05. The number of halogens is 1. The number of hydrogen-bond acceptors (Lipinski definition) is 4. The third kappa shape index (κ3) is 4.08. The SMILES string of the molecule is CC[C@H](C(=O)Nc1ccc2c(c1)n(C)c(=O)n2C)N(c1ccc(Cl)cc1)S(C)(=O)=O. The highest BCUT2D eigenvalue weighted by molar-refractivity contribution is 7.92. The summed E-state index contributed by atoms with van der Waals surface area (Å²) in [7, 11) is -0.420. The van der Waals surface area contributed by atoms with Crippen molar-refractivity contribution in [2.45, 2.75) is 19.4 Å². The molecule has 0 aliphatic heterocycles. The quantitative estimate of drug-likeness (QED) is 0.624. The van der Waals surface area contributed by atoms with E-state index in [4.69, 9.17) is 11.6 Å². The summed E-state index contributed by atoms with van der Waals surface area (Å²) in [6, 6.07) is 10.4. The second-order valence-corrected chi connectivity index (χ2v) is 9.35. The van der Waals surface area contributed by atoms with E-state index in [1.807, 2.05) is 0 Å². The van der Waals surface area contributed by atoms with Gasteiger partial charge in [0, 0.05) is 24.8 Å². The predicted molar refractivity (Wildman–Crippen MR) is 120 cm³/mol. The Balaban J connectivity index is 1.96. The number of benzene rings is 2. The van der Waals surface area contributed by atoms with Gasteiger partial charge >= 0.3 is 5.69 Å². The summed E-state index contributed by atoms with van der Waals surface area (Å²) in [4.78, 5) is 25.2. The number of fused-ring (bicyclic) bond motifs is 1. The number of imidazole rings is 1. The molecule has 0 fully saturated rings. The normalized spacial score (nSPS) is 12.7. The monoisotopic (exact) mass is 450 g/mol. The van der Waals surface area contributed by atoms with Crippen molar-refractivity contribution in [3.63, 3.8) is 0 Å². The van der Waals surface area contributed by atoms with Gasteiger partial charge in [0.05, 0.1) is 23.0 Å². The van der Waals surface area contributed by atoms with Crippen molar-refractivity contribution in [1.29, 1.82) is 0 Å². The molecule has 0 bridgehead atoms. The molecule has 3 rings (SSSR count). The van der Waals surface area contributed by atoms with Gasteiger partial charge in [-0.05, 0) is 48.9 Å². The van der Waals surface area contributed by atoms with E-state index < -0.39 is 22.0 Å². The molecule has 0 radical (unpaired) electrons. The molecule has 0 unspecified atom stereocenters. The number of rotatable bonds is 6. The van der Waals surface area contributed by atoms with Crippen LogP contribution < -0.4 is 15.3 Å². The zero-order chi connectivity index (χ0) is 22.2. The maximum Gasteiger partial charge on any atom is 0.328 e. The van der Waals surface area contributed by atoms with Gasteiger partial charge in [0.25, 0.3) is 0 Å². The Morgan fingerprint density at radius 1 is 1.10 bits per heavy atom. The molecule has 1 atom stereocenters. The summed E-state index contributed by atoms with van der Waals surface area (Å²) >= 11 is 5.91. The van der Waals surface area contributed by atoms with E-state index in [1.165, 1.54) is 9.13 Å². The molecule has 1 amide bonds. The summed E-state index contributed by atoms with van der Waals surface area (Å²) in [5.74, 6) is -0.474. The summed E-state index contributed by atoms with van der Waals surface area (Å²) in [6.07, 6.45) is 1.32. The summed E-state index contributed by atoms with van der Waals surface area (Å²) in [5, 5.41) is 3.24. The molecule has 1 N–H and O–H groups in total. The molecule has 1 heterocycles. The van der Waals surface area contributed by atoms with E-state index in [9.17, 15) is 18.0 Å². The van der Waals surface area contributed by atoms with Crippen LogP contribution in [0.1, 0.15) is 13.3 Å². The standard InChI is InChI=1S/C20H23ClN4O4S/c1-5-16(25(30(4,28)29)15-9-6-13(21)7-10-15)19(26)22-14-8-11-17-18(12-14)24(3)20(27)23(17)2/h6-12,16H,5H2,1-4H3,(H,22,26)/t16-/m1/s1. The first kappa shape index (κ1) is 21.9. The maximum absolute atomic E-state index is 13.0. The Hall–Kier alpha value is -2.78. The highest BCUT2D eigenvalue weighted by Crippen LogP contribution is 2.25. The van der Waals surface area contributed by atoms with Gasteiger partial charge in [-0.1, -0.05) is 18.5 Å². The summed E-state index contributed by atoms with van der Waals surface area (Å²) < 4.78 is 29.1. The number of nitrogens with zero attached hydrogens (tertiary/aromatic N) is 3. The van der Waals surface area contributed by atoms with Crippen LogP contribution in [-0.2, 0) is 28.9 Å². The van der Waals surface area contributed by atoms with E-state index in [2.05, 4.69) is 5.32 Å². The molecule has 0 saturated heterocycles. The van der Waals surface area contributed by atoms with E-state index >= 15 is 0 Å². The van der Waals surface area contributed by atoms with Gasteiger partial charge in [-0.25, -0.2) is 13.2 Å². The van der Waals surface area contributed by atoms with Crippen molar-refractivity contribution >= 4 is 49.9 Å². The van der Waals surface area contributed by atoms with Crippen LogP contribution >= 0.6 is 11.6 Å². The Bertz CT molecular complexity index is 1260. The number of carbonyl (C=O) groups excluding carboxylic acids is 1. The third-order valence-corrected chi connectivity index (χ3v) is 6.38. The minimum atomic E-state index is -3.74. The number of amides is 1. The van der Waals surface area contributed by atoms with Gasteiger partial charge in [-0.15, -0.1) is 0 Å². The van der Waals surface area contributed by atoms with Gasteiger partial charge < -0.3 is 5.32 Å². The van der Waals surface area contributed by atoms with E-state index in [1.54, 1.807) is 63.5 Å². The first-order chi connectivity index (χ1) is 14.0. The largest absolute Gasteiger partial charge is 0.328 e. The van der Waals surface area contributed by atoms with Crippen LogP contribution in [0.25, 0.3) is 11.0 Å². The van der Waals surface area contributed by atoms with Crippen LogP contribution in [0.4, 0.5) is 11.4 Å². The third-order valence-electron chi connectivity index (χ3n) is 4.95. The molecule has 0 spiro atoms. The predicted octanol–water partition coefficient (Wildman–Crippen LogP) is 2.71. The van der Waals surface area contributed by atoms with E-state index in [-0.39, 0.29) is 12.1 Å². The van der Waals surface area contributed by atoms with Crippen molar-refractivity contribution in [3.05, 3.63) is 58.0 Å². The van der Waals surface area contributed by atoms with Crippen molar-refractivity contribution in [2.75, 3.05) is 15.9 Å². The van der Waals surface area contributed by atoms with Crippen LogP contribution in [-0.4, -0.2) is 35.8 Å². The van der Waals surface area contributed by atoms with Crippen LogP contribution in [0, 0.1) is 0 Å². The molecule has 0 aliphatic rings. The fraction of sp³-hybridized carbons (Fsp3) is 0.300. The molecule has 8 nitrogen and oxygen atoms in total. The molecule has 1 aromatic heterocycles. The van der Waals surface area contributed by atoms with Crippen molar-refractivity contribution < 1.29 is 13.2 Å². The van der Waals surface area contributed by atoms with Gasteiger partial charge in [-0.3, -0.25) is 18.2 Å². The maximum atomic E-state index is 13.0.